The first-order chi connectivity index (χ1) is 18.2. The number of likely N-dealkylation sites (tertiary alicyclic amines) is 1. The molecule has 3 aromatic rings. The third-order valence-corrected chi connectivity index (χ3v) is 8.33. The lowest BCUT2D eigenvalue weighted by molar-refractivity contribution is 0.0339. The van der Waals surface area contributed by atoms with Gasteiger partial charge in [0.1, 0.15) is 0 Å². The highest BCUT2D eigenvalue weighted by Crippen LogP contribution is 2.33. The maximum absolute atomic E-state index is 5.66. The Morgan fingerprint density at radius 2 is 1.57 bits per heavy atom. The maximum atomic E-state index is 5.66. The quantitative estimate of drug-likeness (QED) is 0.360. The zero-order valence-electron chi connectivity index (χ0n) is 23.0. The summed E-state index contributed by atoms with van der Waals surface area (Å²) in [6.45, 7) is 14.7. The van der Waals surface area contributed by atoms with Crippen LogP contribution in [0.2, 0.25) is 0 Å². The molecule has 0 bridgehead atoms. The van der Waals surface area contributed by atoms with E-state index in [2.05, 4.69) is 85.2 Å². The number of aromatic nitrogens is 1. The van der Waals surface area contributed by atoms with Gasteiger partial charge in [-0.2, -0.15) is 0 Å². The monoisotopic (exact) mass is 497 g/mol. The first kappa shape index (κ1) is 26.1. The first-order valence-electron chi connectivity index (χ1n) is 14.3. The smallest absolute Gasteiger partial charge is 0.0714 e. The Morgan fingerprint density at radius 1 is 0.838 bits per heavy atom. The van der Waals surface area contributed by atoms with Gasteiger partial charge in [-0.3, -0.25) is 14.8 Å². The van der Waals surface area contributed by atoms with Gasteiger partial charge in [0, 0.05) is 44.0 Å². The average Bonchev–Trinajstić information content (AvgIpc) is 2.95. The van der Waals surface area contributed by atoms with Crippen molar-refractivity contribution in [1.82, 2.24) is 14.8 Å². The largest absolute Gasteiger partial charge is 0.379 e. The van der Waals surface area contributed by atoms with Crippen LogP contribution < -0.4 is 0 Å². The number of ether oxygens (including phenoxy) is 1. The van der Waals surface area contributed by atoms with Gasteiger partial charge in [-0.05, 0) is 79.0 Å². The second kappa shape index (κ2) is 12.3. The molecule has 0 radical (unpaired) electrons. The van der Waals surface area contributed by atoms with Gasteiger partial charge in [-0.1, -0.05) is 62.4 Å². The molecule has 2 saturated heterocycles. The van der Waals surface area contributed by atoms with Gasteiger partial charge in [-0.15, -0.1) is 0 Å². The van der Waals surface area contributed by atoms with Crippen LogP contribution >= 0.6 is 0 Å². The molecule has 2 aliphatic heterocycles. The van der Waals surface area contributed by atoms with Crippen molar-refractivity contribution in [3.63, 3.8) is 0 Å². The Hall–Kier alpha value is -2.53. The molecule has 2 aliphatic rings. The lowest BCUT2D eigenvalue weighted by Crippen LogP contribution is -2.37. The topological polar surface area (TPSA) is 28.6 Å². The van der Waals surface area contributed by atoms with Crippen LogP contribution in [-0.4, -0.2) is 54.2 Å². The molecule has 0 amide bonds. The highest BCUT2D eigenvalue weighted by Gasteiger charge is 2.24. The second-order valence-electron chi connectivity index (χ2n) is 10.8. The van der Waals surface area contributed by atoms with Crippen LogP contribution in [0.5, 0.6) is 0 Å². The van der Waals surface area contributed by atoms with Crippen molar-refractivity contribution in [1.29, 1.82) is 0 Å². The molecule has 0 N–H and O–H groups in total. The van der Waals surface area contributed by atoms with Crippen LogP contribution in [0.1, 0.15) is 66.1 Å². The summed E-state index contributed by atoms with van der Waals surface area (Å²) in [7, 11) is 0. The molecule has 2 aromatic carbocycles. The fourth-order valence-electron chi connectivity index (χ4n) is 6.24. The molecule has 1 atom stereocenters. The molecule has 0 saturated carbocycles. The second-order valence-corrected chi connectivity index (χ2v) is 10.8. The minimum atomic E-state index is 0.619. The number of benzene rings is 2. The molecule has 4 heteroatoms. The number of hydrogen-bond donors (Lipinski definition) is 0. The lowest BCUT2D eigenvalue weighted by atomic mass is 9.90. The molecule has 5 rings (SSSR count). The maximum Gasteiger partial charge on any atom is 0.0714 e. The predicted octanol–water partition coefficient (Wildman–Crippen LogP) is 6.39. The van der Waals surface area contributed by atoms with Crippen LogP contribution in [0.15, 0.2) is 54.6 Å². The van der Waals surface area contributed by atoms with Crippen molar-refractivity contribution >= 4 is 0 Å². The number of piperidine rings is 1. The number of pyridine rings is 1. The number of nitrogens with zero attached hydrogens (tertiary/aromatic N) is 3. The van der Waals surface area contributed by atoms with Gasteiger partial charge in [0.2, 0.25) is 0 Å². The van der Waals surface area contributed by atoms with Gasteiger partial charge < -0.3 is 4.74 Å². The normalized spacial score (nSPS) is 19.3. The summed E-state index contributed by atoms with van der Waals surface area (Å²) < 4.78 is 5.66. The Labute approximate surface area is 223 Å². The Morgan fingerprint density at radius 3 is 2.27 bits per heavy atom. The van der Waals surface area contributed by atoms with Gasteiger partial charge >= 0.3 is 0 Å². The van der Waals surface area contributed by atoms with Crippen LogP contribution in [0.4, 0.5) is 0 Å². The third kappa shape index (κ3) is 6.14. The van der Waals surface area contributed by atoms with E-state index in [0.717, 1.165) is 64.5 Å². The third-order valence-electron chi connectivity index (χ3n) is 8.33. The van der Waals surface area contributed by atoms with Gasteiger partial charge in [0.15, 0.2) is 0 Å². The molecule has 3 heterocycles. The van der Waals surface area contributed by atoms with E-state index in [1.807, 2.05) is 0 Å². The highest BCUT2D eigenvalue weighted by molar-refractivity contribution is 5.69. The van der Waals surface area contributed by atoms with Crippen LogP contribution in [0.25, 0.3) is 11.3 Å². The molecule has 2 fully saturated rings. The lowest BCUT2D eigenvalue weighted by Gasteiger charge is -2.34. The van der Waals surface area contributed by atoms with E-state index >= 15 is 0 Å². The van der Waals surface area contributed by atoms with Gasteiger partial charge in [0.25, 0.3) is 0 Å². The molecular weight excluding hydrogens is 454 g/mol. The van der Waals surface area contributed by atoms with Crippen molar-refractivity contribution in [3.05, 3.63) is 88.1 Å². The Bertz CT molecular complexity index is 1150. The van der Waals surface area contributed by atoms with Crippen molar-refractivity contribution in [2.45, 2.75) is 65.5 Å². The van der Waals surface area contributed by atoms with Crippen molar-refractivity contribution in [3.8, 4) is 11.3 Å². The van der Waals surface area contributed by atoms with Crippen molar-refractivity contribution < 1.29 is 4.74 Å². The minimum Gasteiger partial charge on any atom is -0.379 e. The molecule has 196 valence electrons. The first-order valence-corrected chi connectivity index (χ1v) is 14.3. The SMILES string of the molecule is CCc1cccc(CC)c1-c1cc(CN2CCOCC2)c(CN2CCCC(c3ccccc3)C2)c(C)n1. The molecule has 0 spiro atoms. The molecule has 4 nitrogen and oxygen atoms in total. The molecule has 0 aliphatic carbocycles. The number of rotatable bonds is 8. The van der Waals surface area contributed by atoms with E-state index in [1.54, 1.807) is 0 Å². The summed E-state index contributed by atoms with van der Waals surface area (Å²) in [5, 5.41) is 0. The van der Waals surface area contributed by atoms with E-state index < -0.39 is 0 Å². The van der Waals surface area contributed by atoms with E-state index in [4.69, 9.17) is 9.72 Å². The minimum absolute atomic E-state index is 0.619. The molecule has 1 unspecified atom stereocenters. The average molecular weight is 498 g/mol. The summed E-state index contributed by atoms with van der Waals surface area (Å²) in [5.41, 5.74) is 10.9. The highest BCUT2D eigenvalue weighted by atomic mass is 16.5. The fraction of sp³-hybridized carbons (Fsp3) is 0.485. The molecule has 1 aromatic heterocycles. The van der Waals surface area contributed by atoms with E-state index in [9.17, 15) is 0 Å². The van der Waals surface area contributed by atoms with E-state index in [0.29, 0.717) is 5.92 Å². The summed E-state index contributed by atoms with van der Waals surface area (Å²) in [4.78, 5) is 10.5. The summed E-state index contributed by atoms with van der Waals surface area (Å²) >= 11 is 0. The molecular formula is C33H43N3O. The Balaban J connectivity index is 1.48. The van der Waals surface area contributed by atoms with Crippen molar-refractivity contribution in [2.24, 2.45) is 0 Å². The van der Waals surface area contributed by atoms with Crippen molar-refractivity contribution in [2.75, 3.05) is 39.4 Å². The van der Waals surface area contributed by atoms with Gasteiger partial charge in [0.05, 0.1) is 18.9 Å². The zero-order chi connectivity index (χ0) is 25.6. The van der Waals surface area contributed by atoms with E-state index in [1.165, 1.54) is 58.5 Å². The summed E-state index contributed by atoms with van der Waals surface area (Å²) in [6.07, 6.45) is 4.59. The Kier molecular flexibility index (Phi) is 8.70. The summed E-state index contributed by atoms with van der Waals surface area (Å²) in [5.74, 6) is 0.619. The van der Waals surface area contributed by atoms with Crippen LogP contribution in [-0.2, 0) is 30.7 Å². The van der Waals surface area contributed by atoms with Gasteiger partial charge in [-0.25, -0.2) is 0 Å². The summed E-state index contributed by atoms with van der Waals surface area (Å²) in [6, 6.07) is 20.3. The number of aryl methyl sites for hydroxylation is 3. The van der Waals surface area contributed by atoms with E-state index in [-0.39, 0.29) is 0 Å². The fourth-order valence-corrected chi connectivity index (χ4v) is 6.24. The number of morpholine rings is 1. The van der Waals surface area contributed by atoms with Crippen LogP contribution in [0, 0.1) is 6.92 Å². The zero-order valence-corrected chi connectivity index (χ0v) is 23.0. The van der Waals surface area contributed by atoms with Crippen LogP contribution in [0.3, 0.4) is 0 Å². The standard InChI is InChI=1S/C33H43N3O/c1-4-26-13-9-14-27(5-2)33(26)32-21-30(23-35-17-19-37-20-18-35)31(25(3)34-32)24-36-16-10-15-29(22-36)28-11-7-6-8-12-28/h6-9,11-14,21,29H,4-5,10,15-20,22-24H2,1-3H3. The predicted molar refractivity (Wildman–Crippen MR) is 153 cm³/mol. The number of hydrogen-bond acceptors (Lipinski definition) is 4. The molecule has 37 heavy (non-hydrogen) atoms.